The van der Waals surface area contributed by atoms with Crippen LogP contribution < -0.4 is 5.43 Å². The summed E-state index contributed by atoms with van der Waals surface area (Å²) in [5, 5.41) is 7.60. The van der Waals surface area contributed by atoms with Gasteiger partial charge in [0.15, 0.2) is 0 Å². The molecule has 0 radical (unpaired) electrons. The Morgan fingerprint density at radius 1 is 0.783 bits per heavy atom. The fourth-order valence-electron chi connectivity index (χ4n) is 2.48. The number of hydrazone groups is 1. The van der Waals surface area contributed by atoms with E-state index < -0.39 is 0 Å². The van der Waals surface area contributed by atoms with Crippen molar-refractivity contribution in [2.45, 2.75) is 0 Å². The number of nitrogens with zero attached hydrogens (tertiary/aromatic N) is 3. The van der Waals surface area contributed by atoms with Gasteiger partial charge in [-0.2, -0.15) is 5.10 Å². The van der Waals surface area contributed by atoms with E-state index in [1.54, 1.807) is 12.4 Å². The van der Waals surface area contributed by atoms with Crippen LogP contribution in [0.1, 0.15) is 5.69 Å². The fourth-order valence-corrected chi connectivity index (χ4v) is 2.48. The van der Waals surface area contributed by atoms with Gasteiger partial charge in [0.2, 0.25) is 0 Å². The Morgan fingerprint density at radius 3 is 2.48 bits per heavy atom. The highest BCUT2D eigenvalue weighted by Crippen LogP contribution is 2.16. The summed E-state index contributed by atoms with van der Waals surface area (Å²) in [6, 6.07) is 20.2. The molecule has 0 unspecified atom stereocenters. The number of anilines is 1. The number of nitrogens with one attached hydrogen (secondary N) is 1. The van der Waals surface area contributed by atoms with Crippen molar-refractivity contribution in [2.24, 2.45) is 5.10 Å². The molecule has 2 aromatic heterocycles. The quantitative estimate of drug-likeness (QED) is 0.455. The molecular formula is C19H14N4. The lowest BCUT2D eigenvalue weighted by atomic mass is 10.1. The first-order chi connectivity index (χ1) is 11.4. The van der Waals surface area contributed by atoms with E-state index in [9.17, 15) is 0 Å². The van der Waals surface area contributed by atoms with Gasteiger partial charge in [0.05, 0.1) is 29.3 Å². The predicted octanol–water partition coefficient (Wildman–Crippen LogP) is 4.23. The molecule has 23 heavy (non-hydrogen) atoms. The van der Waals surface area contributed by atoms with Gasteiger partial charge < -0.3 is 0 Å². The van der Waals surface area contributed by atoms with Crippen LogP contribution >= 0.6 is 0 Å². The maximum atomic E-state index is 4.40. The second kappa shape index (κ2) is 5.85. The predicted molar refractivity (Wildman–Crippen MR) is 94.7 cm³/mol. The number of hydrogen-bond donors (Lipinski definition) is 1. The van der Waals surface area contributed by atoms with Crippen molar-refractivity contribution in [1.82, 2.24) is 9.97 Å². The average Bonchev–Trinajstić information content (AvgIpc) is 2.61. The zero-order valence-electron chi connectivity index (χ0n) is 12.3. The van der Waals surface area contributed by atoms with Crippen LogP contribution in [0.15, 0.2) is 78.2 Å². The van der Waals surface area contributed by atoms with Crippen LogP contribution in [0.2, 0.25) is 0 Å². The first kappa shape index (κ1) is 13.4. The van der Waals surface area contributed by atoms with Crippen LogP contribution in [0.3, 0.4) is 0 Å². The third-order valence-corrected chi connectivity index (χ3v) is 3.63. The molecule has 0 saturated carbocycles. The molecule has 0 aliphatic carbocycles. The molecule has 4 heteroatoms. The van der Waals surface area contributed by atoms with E-state index >= 15 is 0 Å². The monoisotopic (exact) mass is 298 g/mol. The second-order valence-electron chi connectivity index (χ2n) is 5.24. The Kier molecular flexibility index (Phi) is 3.41. The molecule has 4 nitrogen and oxygen atoms in total. The highest BCUT2D eigenvalue weighted by atomic mass is 15.3. The molecule has 4 aromatic rings. The fraction of sp³-hybridized carbons (Fsp3) is 0. The number of rotatable bonds is 3. The maximum absolute atomic E-state index is 4.40. The van der Waals surface area contributed by atoms with Crippen LogP contribution in [0, 0.1) is 0 Å². The van der Waals surface area contributed by atoms with Gasteiger partial charge in [-0.05, 0) is 23.6 Å². The SMILES string of the molecule is C(=NNc1cnc2ccccc2c1)c1cc2ccccc2cn1. The first-order valence-corrected chi connectivity index (χ1v) is 7.37. The van der Waals surface area contributed by atoms with Crippen LogP contribution in [-0.2, 0) is 0 Å². The maximum Gasteiger partial charge on any atom is 0.0836 e. The summed E-state index contributed by atoms with van der Waals surface area (Å²) in [7, 11) is 0. The summed E-state index contributed by atoms with van der Waals surface area (Å²) in [5.74, 6) is 0. The molecule has 110 valence electrons. The summed E-state index contributed by atoms with van der Waals surface area (Å²) in [4.78, 5) is 8.78. The Morgan fingerprint density at radius 2 is 1.57 bits per heavy atom. The van der Waals surface area contributed by atoms with Crippen LogP contribution in [0.25, 0.3) is 21.7 Å². The van der Waals surface area contributed by atoms with E-state index in [0.29, 0.717) is 0 Å². The lowest BCUT2D eigenvalue weighted by molar-refractivity contribution is 1.28. The van der Waals surface area contributed by atoms with Crippen LogP contribution in [0.5, 0.6) is 0 Å². The average molecular weight is 298 g/mol. The zero-order valence-corrected chi connectivity index (χ0v) is 12.3. The highest BCUT2D eigenvalue weighted by molar-refractivity contribution is 5.88. The van der Waals surface area contributed by atoms with Crippen molar-refractivity contribution in [1.29, 1.82) is 0 Å². The normalized spacial score (nSPS) is 11.3. The molecule has 2 aromatic carbocycles. The van der Waals surface area contributed by atoms with E-state index in [4.69, 9.17) is 0 Å². The third kappa shape index (κ3) is 2.87. The van der Waals surface area contributed by atoms with Crippen molar-refractivity contribution >= 4 is 33.6 Å². The van der Waals surface area contributed by atoms with Crippen molar-refractivity contribution in [3.8, 4) is 0 Å². The van der Waals surface area contributed by atoms with Gasteiger partial charge in [0.1, 0.15) is 0 Å². The molecule has 0 saturated heterocycles. The lowest BCUT2D eigenvalue weighted by Gasteiger charge is -2.02. The molecule has 0 atom stereocenters. The Hall–Kier alpha value is -3.27. The molecule has 0 fully saturated rings. The molecular weight excluding hydrogens is 284 g/mol. The zero-order chi connectivity index (χ0) is 15.5. The van der Waals surface area contributed by atoms with Crippen LogP contribution in [-0.4, -0.2) is 16.2 Å². The van der Waals surface area contributed by atoms with Gasteiger partial charge in [-0.1, -0.05) is 42.5 Å². The Balaban J connectivity index is 1.55. The number of para-hydroxylation sites is 1. The molecule has 2 heterocycles. The minimum Gasteiger partial charge on any atom is -0.277 e. The number of hydrogen-bond acceptors (Lipinski definition) is 4. The van der Waals surface area contributed by atoms with Gasteiger partial charge in [0.25, 0.3) is 0 Å². The van der Waals surface area contributed by atoms with Gasteiger partial charge in [-0.15, -0.1) is 0 Å². The van der Waals surface area contributed by atoms with Gasteiger partial charge in [-0.25, -0.2) is 0 Å². The Labute approximate surface area is 133 Å². The minimum absolute atomic E-state index is 0.810. The van der Waals surface area contributed by atoms with E-state index in [1.165, 1.54) is 0 Å². The summed E-state index contributed by atoms with van der Waals surface area (Å²) in [5.41, 5.74) is 5.63. The minimum atomic E-state index is 0.810. The number of fused-ring (bicyclic) bond motifs is 2. The van der Waals surface area contributed by atoms with Crippen molar-refractivity contribution in [3.05, 3.63) is 78.8 Å². The molecule has 0 amide bonds. The molecule has 0 aliphatic heterocycles. The first-order valence-electron chi connectivity index (χ1n) is 7.37. The topological polar surface area (TPSA) is 50.2 Å². The summed E-state index contributed by atoms with van der Waals surface area (Å²) < 4.78 is 0. The third-order valence-electron chi connectivity index (χ3n) is 3.63. The van der Waals surface area contributed by atoms with Gasteiger partial charge in [-0.3, -0.25) is 15.4 Å². The molecule has 0 aliphatic rings. The number of pyridine rings is 2. The van der Waals surface area contributed by atoms with Crippen LogP contribution in [0.4, 0.5) is 5.69 Å². The van der Waals surface area contributed by atoms with E-state index in [-0.39, 0.29) is 0 Å². The van der Waals surface area contributed by atoms with E-state index in [1.807, 2.05) is 60.8 Å². The van der Waals surface area contributed by atoms with E-state index in [0.717, 1.165) is 33.1 Å². The van der Waals surface area contributed by atoms with Crippen molar-refractivity contribution in [3.63, 3.8) is 0 Å². The number of benzene rings is 2. The molecule has 4 rings (SSSR count). The second-order valence-corrected chi connectivity index (χ2v) is 5.24. The summed E-state index contributed by atoms with van der Waals surface area (Å²) in [6.07, 6.45) is 5.34. The van der Waals surface area contributed by atoms with Gasteiger partial charge >= 0.3 is 0 Å². The molecule has 0 spiro atoms. The molecule has 1 N–H and O–H groups in total. The smallest absolute Gasteiger partial charge is 0.0836 e. The standard InChI is InChI=1S/C19H14N4/c1-2-7-16-11-20-17(9-14(16)5-1)13-22-23-18-10-15-6-3-4-8-19(15)21-12-18/h1-13,23H. The van der Waals surface area contributed by atoms with Crippen molar-refractivity contribution in [2.75, 3.05) is 5.43 Å². The summed E-state index contributed by atoms with van der Waals surface area (Å²) >= 11 is 0. The number of aromatic nitrogens is 2. The van der Waals surface area contributed by atoms with Gasteiger partial charge in [0, 0.05) is 17.0 Å². The lowest BCUT2D eigenvalue weighted by Crippen LogP contribution is -1.93. The van der Waals surface area contributed by atoms with E-state index in [2.05, 4.69) is 26.6 Å². The summed E-state index contributed by atoms with van der Waals surface area (Å²) in [6.45, 7) is 0. The highest BCUT2D eigenvalue weighted by Gasteiger charge is 1.97. The molecule has 0 bridgehead atoms. The largest absolute Gasteiger partial charge is 0.277 e. The Bertz CT molecular complexity index is 1010. The van der Waals surface area contributed by atoms with Crippen molar-refractivity contribution < 1.29 is 0 Å².